The van der Waals surface area contributed by atoms with Gasteiger partial charge in [0.05, 0.1) is 12.7 Å². The Balaban J connectivity index is 2.42. The monoisotopic (exact) mass is 241 g/mol. The number of methoxy groups -OCH3 is 2. The summed E-state index contributed by atoms with van der Waals surface area (Å²) >= 11 is 0. The lowest BCUT2D eigenvalue weighted by atomic mass is 10.2. The second kappa shape index (κ2) is 7.11. The van der Waals surface area contributed by atoms with Gasteiger partial charge in [0, 0.05) is 32.9 Å². The van der Waals surface area contributed by atoms with Crippen molar-refractivity contribution in [3.05, 3.63) is 23.8 Å². The summed E-state index contributed by atoms with van der Waals surface area (Å²) in [5, 5.41) is 22.0. The van der Waals surface area contributed by atoms with Crippen LogP contribution in [-0.4, -0.2) is 43.7 Å². The van der Waals surface area contributed by atoms with Crippen LogP contribution in [0.5, 0.6) is 11.5 Å². The van der Waals surface area contributed by atoms with Crippen molar-refractivity contribution < 1.29 is 19.7 Å². The van der Waals surface area contributed by atoms with E-state index in [9.17, 15) is 10.2 Å². The molecule has 17 heavy (non-hydrogen) atoms. The van der Waals surface area contributed by atoms with Crippen LogP contribution in [0, 0.1) is 0 Å². The standard InChI is InChI=1S/C12H19NO4/c1-16-8-10(17-2)7-13-6-9-4-3-5-11(14)12(9)15/h3-5,10,13-15H,6-8H2,1-2H3. The van der Waals surface area contributed by atoms with Crippen molar-refractivity contribution in [3.8, 4) is 11.5 Å². The third kappa shape index (κ3) is 4.22. The molecule has 0 fully saturated rings. The van der Waals surface area contributed by atoms with Crippen LogP contribution in [0.1, 0.15) is 5.56 Å². The van der Waals surface area contributed by atoms with E-state index >= 15 is 0 Å². The van der Waals surface area contributed by atoms with Gasteiger partial charge in [-0.25, -0.2) is 0 Å². The number of benzene rings is 1. The highest BCUT2D eigenvalue weighted by Gasteiger charge is 2.08. The lowest BCUT2D eigenvalue weighted by Crippen LogP contribution is -2.31. The largest absolute Gasteiger partial charge is 0.504 e. The number of phenols is 2. The topological polar surface area (TPSA) is 71.0 Å². The normalized spacial score (nSPS) is 12.6. The number of para-hydroxylation sites is 1. The number of aromatic hydroxyl groups is 2. The third-order valence-electron chi connectivity index (χ3n) is 2.47. The summed E-state index contributed by atoms with van der Waals surface area (Å²) in [5.74, 6) is -0.190. The van der Waals surface area contributed by atoms with Crippen molar-refractivity contribution in [1.82, 2.24) is 5.32 Å². The minimum Gasteiger partial charge on any atom is -0.504 e. The van der Waals surface area contributed by atoms with Crippen molar-refractivity contribution in [2.45, 2.75) is 12.6 Å². The van der Waals surface area contributed by atoms with Gasteiger partial charge in [-0.3, -0.25) is 0 Å². The molecule has 0 aromatic heterocycles. The van der Waals surface area contributed by atoms with Gasteiger partial charge in [-0.05, 0) is 6.07 Å². The average Bonchev–Trinajstić information content (AvgIpc) is 2.33. The number of nitrogens with one attached hydrogen (secondary N) is 1. The van der Waals surface area contributed by atoms with E-state index in [-0.39, 0.29) is 17.6 Å². The van der Waals surface area contributed by atoms with Gasteiger partial charge in [0.25, 0.3) is 0 Å². The number of ether oxygens (including phenoxy) is 2. The Morgan fingerprint density at radius 2 is 2.06 bits per heavy atom. The van der Waals surface area contributed by atoms with Gasteiger partial charge in [-0.15, -0.1) is 0 Å². The zero-order chi connectivity index (χ0) is 12.7. The highest BCUT2D eigenvalue weighted by atomic mass is 16.5. The molecule has 0 aliphatic carbocycles. The first-order chi connectivity index (χ1) is 8.19. The summed E-state index contributed by atoms with van der Waals surface area (Å²) in [6.07, 6.45) is -0.0283. The van der Waals surface area contributed by atoms with E-state index in [1.165, 1.54) is 6.07 Å². The fourth-order valence-corrected chi connectivity index (χ4v) is 1.48. The maximum atomic E-state index is 9.58. The molecular weight excluding hydrogens is 222 g/mol. The molecule has 1 aromatic carbocycles. The van der Waals surface area contributed by atoms with Gasteiger partial charge in [0.2, 0.25) is 0 Å². The number of rotatable bonds is 7. The Bertz CT molecular complexity index is 343. The first-order valence-electron chi connectivity index (χ1n) is 5.41. The molecule has 5 heteroatoms. The molecule has 5 nitrogen and oxygen atoms in total. The van der Waals surface area contributed by atoms with E-state index in [0.717, 1.165) is 0 Å². The smallest absolute Gasteiger partial charge is 0.161 e. The molecule has 0 heterocycles. The first kappa shape index (κ1) is 13.8. The van der Waals surface area contributed by atoms with Gasteiger partial charge < -0.3 is 25.0 Å². The lowest BCUT2D eigenvalue weighted by Gasteiger charge is -2.15. The third-order valence-corrected chi connectivity index (χ3v) is 2.47. The van der Waals surface area contributed by atoms with Crippen LogP contribution in [0.4, 0.5) is 0 Å². The van der Waals surface area contributed by atoms with Gasteiger partial charge in [0.15, 0.2) is 11.5 Å². The fraction of sp³-hybridized carbons (Fsp3) is 0.500. The average molecular weight is 241 g/mol. The second-order valence-electron chi connectivity index (χ2n) is 3.73. The molecule has 0 amide bonds. The Hall–Kier alpha value is -1.30. The van der Waals surface area contributed by atoms with E-state index in [1.54, 1.807) is 26.4 Å². The van der Waals surface area contributed by atoms with E-state index in [0.29, 0.717) is 25.3 Å². The van der Waals surface area contributed by atoms with Crippen molar-refractivity contribution >= 4 is 0 Å². The molecule has 0 saturated heterocycles. The summed E-state index contributed by atoms with van der Waals surface area (Å²) in [4.78, 5) is 0. The van der Waals surface area contributed by atoms with Crippen molar-refractivity contribution in [2.24, 2.45) is 0 Å². The number of hydrogen-bond donors (Lipinski definition) is 3. The van der Waals surface area contributed by atoms with Crippen molar-refractivity contribution in [1.29, 1.82) is 0 Å². The molecule has 1 unspecified atom stereocenters. The van der Waals surface area contributed by atoms with Crippen LogP contribution in [0.3, 0.4) is 0 Å². The zero-order valence-corrected chi connectivity index (χ0v) is 10.1. The molecule has 3 N–H and O–H groups in total. The molecule has 0 aliphatic rings. The first-order valence-corrected chi connectivity index (χ1v) is 5.41. The molecule has 1 aromatic rings. The van der Waals surface area contributed by atoms with E-state index in [4.69, 9.17) is 9.47 Å². The van der Waals surface area contributed by atoms with Crippen LogP contribution in [-0.2, 0) is 16.0 Å². The molecule has 0 spiro atoms. The molecular formula is C12H19NO4. The lowest BCUT2D eigenvalue weighted by molar-refractivity contribution is 0.0287. The Labute approximate surface area is 101 Å². The van der Waals surface area contributed by atoms with Crippen LogP contribution < -0.4 is 5.32 Å². The minimum atomic E-state index is -0.107. The number of hydrogen-bond acceptors (Lipinski definition) is 5. The molecule has 96 valence electrons. The van der Waals surface area contributed by atoms with Gasteiger partial charge in [-0.2, -0.15) is 0 Å². The highest BCUT2D eigenvalue weighted by Crippen LogP contribution is 2.27. The summed E-state index contributed by atoms with van der Waals surface area (Å²) < 4.78 is 10.2. The van der Waals surface area contributed by atoms with Gasteiger partial charge in [0.1, 0.15) is 0 Å². The quantitative estimate of drug-likeness (QED) is 0.617. The Kier molecular flexibility index (Phi) is 5.76. The van der Waals surface area contributed by atoms with Gasteiger partial charge in [-0.1, -0.05) is 12.1 Å². The van der Waals surface area contributed by atoms with Crippen molar-refractivity contribution in [3.63, 3.8) is 0 Å². The number of phenolic OH excluding ortho intramolecular Hbond substituents is 2. The van der Waals surface area contributed by atoms with E-state index in [1.807, 2.05) is 0 Å². The summed E-state index contributed by atoms with van der Waals surface area (Å²) in [6.45, 7) is 1.58. The van der Waals surface area contributed by atoms with Crippen molar-refractivity contribution in [2.75, 3.05) is 27.4 Å². The van der Waals surface area contributed by atoms with Crippen LogP contribution >= 0.6 is 0 Å². The van der Waals surface area contributed by atoms with Crippen LogP contribution in [0.25, 0.3) is 0 Å². The minimum absolute atomic E-state index is 0.0283. The summed E-state index contributed by atoms with van der Waals surface area (Å²) in [5.41, 5.74) is 0.650. The molecule has 0 bridgehead atoms. The van der Waals surface area contributed by atoms with E-state index < -0.39 is 0 Å². The summed E-state index contributed by atoms with van der Waals surface area (Å²) in [6, 6.07) is 4.89. The van der Waals surface area contributed by atoms with E-state index in [2.05, 4.69) is 5.32 Å². The summed E-state index contributed by atoms with van der Waals surface area (Å²) in [7, 11) is 3.24. The molecule has 0 aliphatic heterocycles. The molecule has 0 saturated carbocycles. The maximum absolute atomic E-state index is 9.58. The second-order valence-corrected chi connectivity index (χ2v) is 3.73. The molecule has 1 rings (SSSR count). The van der Waals surface area contributed by atoms with Crippen LogP contribution in [0.2, 0.25) is 0 Å². The van der Waals surface area contributed by atoms with Gasteiger partial charge >= 0.3 is 0 Å². The maximum Gasteiger partial charge on any atom is 0.161 e. The SMILES string of the molecule is COCC(CNCc1cccc(O)c1O)OC. The zero-order valence-electron chi connectivity index (χ0n) is 10.1. The molecule has 1 atom stereocenters. The molecule has 0 radical (unpaired) electrons. The highest BCUT2D eigenvalue weighted by molar-refractivity contribution is 5.44. The van der Waals surface area contributed by atoms with Crippen LogP contribution in [0.15, 0.2) is 18.2 Å². The Morgan fingerprint density at radius 3 is 2.71 bits per heavy atom. The fourth-order valence-electron chi connectivity index (χ4n) is 1.48. The predicted molar refractivity (Wildman–Crippen MR) is 64.2 cm³/mol. The Morgan fingerprint density at radius 1 is 1.29 bits per heavy atom. The predicted octanol–water partition coefficient (Wildman–Crippen LogP) is 0.849.